The Morgan fingerprint density at radius 1 is 1.06 bits per heavy atom. The van der Waals surface area contributed by atoms with E-state index < -0.39 is 53.9 Å². The number of hydrogen-bond acceptors (Lipinski definition) is 11. The highest BCUT2D eigenvalue weighted by Crippen LogP contribution is 2.31. The van der Waals surface area contributed by atoms with Crippen LogP contribution in [0.25, 0.3) is 0 Å². The van der Waals surface area contributed by atoms with Crippen LogP contribution in [0.15, 0.2) is 63.2 Å². The largest absolute Gasteiger partial charge is 0.492 e. The Balaban J connectivity index is 2.77. The molecule has 2 rings (SSSR count). The van der Waals surface area contributed by atoms with E-state index >= 15 is 0 Å². The van der Waals surface area contributed by atoms with Gasteiger partial charge in [-0.2, -0.15) is 5.10 Å². The summed E-state index contributed by atoms with van der Waals surface area (Å²) in [7, 11) is 4.26. The zero-order valence-corrected chi connectivity index (χ0v) is 31.7. The molecule has 2 aliphatic rings. The maximum absolute atomic E-state index is 14.3. The normalized spacial score (nSPS) is 25.9. The number of nitrogens with zero attached hydrogens (tertiary/aromatic N) is 2. The molecule has 4 N–H and O–H groups in total. The molecule has 0 fully saturated rings. The molecular formula is C38H58N4O9. The molecular weight excluding hydrogens is 656 g/mol. The first-order valence-electron chi connectivity index (χ1n) is 17.7. The topological polar surface area (TPSA) is 179 Å². The number of Topliss-reactive ketones (excluding diaryl/α,β-unsaturated/α-hetero) is 2. The number of hydrogen-bond donors (Lipinski definition) is 3. The second kappa shape index (κ2) is 21.3. The summed E-state index contributed by atoms with van der Waals surface area (Å²) in [6, 6.07) is 0. The number of ketones is 2. The van der Waals surface area contributed by atoms with Gasteiger partial charge in [0.15, 0.2) is 11.9 Å². The van der Waals surface area contributed by atoms with Crippen LogP contribution in [0.5, 0.6) is 0 Å². The Bertz CT molecular complexity index is 1420. The van der Waals surface area contributed by atoms with Gasteiger partial charge in [-0.1, -0.05) is 64.8 Å². The predicted molar refractivity (Wildman–Crippen MR) is 195 cm³/mol. The molecule has 0 radical (unpaired) electrons. The van der Waals surface area contributed by atoms with Crippen molar-refractivity contribution >= 4 is 29.8 Å². The summed E-state index contributed by atoms with van der Waals surface area (Å²) in [6.07, 6.45) is 7.45. The SMILES string of the molecule is CCCCN(CCCC)N=CC1=C2NC(=O)C(C)=CC=CC(OC)C(OC(N)=O)C(C)=CC(C)C(O)C(OC)CC(C)CC(=C(OC)C1=O)C2=O. The lowest BCUT2D eigenvalue weighted by molar-refractivity contribution is -0.121. The molecule has 1 heterocycles. The number of nitrogens with two attached hydrogens (primary N) is 1. The summed E-state index contributed by atoms with van der Waals surface area (Å²) in [4.78, 5) is 53.7. The van der Waals surface area contributed by atoms with Gasteiger partial charge in [-0.25, -0.2) is 4.79 Å². The van der Waals surface area contributed by atoms with Crippen molar-refractivity contribution in [1.29, 1.82) is 0 Å². The van der Waals surface area contributed by atoms with Crippen molar-refractivity contribution in [3.8, 4) is 0 Å². The summed E-state index contributed by atoms with van der Waals surface area (Å²) in [5.74, 6) is -2.61. The summed E-state index contributed by atoms with van der Waals surface area (Å²) in [6.45, 7) is 12.5. The smallest absolute Gasteiger partial charge is 0.405 e. The van der Waals surface area contributed by atoms with Crippen LogP contribution >= 0.6 is 0 Å². The van der Waals surface area contributed by atoms with Gasteiger partial charge in [-0.05, 0) is 51.0 Å². The standard InChI is InChI=1S/C38H58N4O9/c1-10-12-17-42(18-13-11-2)40-22-28-31-33(44)27(36(50-9)34(28)45)19-23(3)20-30(49-8)32(43)25(5)21-26(6)35(51-38(39)47)29(48-7)16-14-15-24(4)37(46)41-31/h14-16,21-23,25,29-30,32,35,43H,10-13,17-20H2,1-9H3,(H2,39,47)(H,41,46). The van der Waals surface area contributed by atoms with Crippen LogP contribution in [0.2, 0.25) is 0 Å². The van der Waals surface area contributed by atoms with E-state index in [9.17, 15) is 24.3 Å². The highest BCUT2D eigenvalue weighted by molar-refractivity contribution is 6.32. The van der Waals surface area contributed by atoms with Crippen molar-refractivity contribution in [1.82, 2.24) is 10.3 Å². The first-order valence-corrected chi connectivity index (χ1v) is 17.7. The molecule has 1 aliphatic carbocycles. The molecule has 284 valence electrons. The number of carbonyl (C=O) groups is 4. The van der Waals surface area contributed by atoms with E-state index in [0.29, 0.717) is 25.1 Å². The minimum Gasteiger partial charge on any atom is -0.492 e. The third kappa shape index (κ3) is 12.3. The molecule has 1 aliphatic heterocycles. The summed E-state index contributed by atoms with van der Waals surface area (Å²) in [5, 5.41) is 20.5. The average Bonchev–Trinajstić information content (AvgIpc) is 3.09. The molecule has 0 aromatic carbocycles. The molecule has 13 heteroatoms. The Hall–Kier alpha value is -4.07. The van der Waals surface area contributed by atoms with Gasteiger partial charge in [0.25, 0.3) is 5.91 Å². The van der Waals surface area contributed by atoms with Crippen molar-refractivity contribution in [3.63, 3.8) is 0 Å². The number of methoxy groups -OCH3 is 3. The molecule has 2 amide bonds. The highest BCUT2D eigenvalue weighted by atomic mass is 16.6. The van der Waals surface area contributed by atoms with Crippen molar-refractivity contribution in [2.45, 2.75) is 104 Å². The van der Waals surface area contributed by atoms with E-state index in [2.05, 4.69) is 24.3 Å². The number of fused-ring (bicyclic) bond motifs is 2. The Morgan fingerprint density at radius 2 is 1.71 bits per heavy atom. The number of carbonyl (C=O) groups excluding carboxylic acids is 4. The zero-order chi connectivity index (χ0) is 38.2. The third-order valence-electron chi connectivity index (χ3n) is 9.03. The Kier molecular flexibility index (Phi) is 18.0. The van der Waals surface area contributed by atoms with Gasteiger partial charge in [-0.15, -0.1) is 0 Å². The number of amides is 2. The molecule has 0 saturated heterocycles. The number of unbranched alkanes of at least 4 members (excludes halogenated alkanes) is 2. The van der Waals surface area contributed by atoms with Crippen LogP contribution in [0, 0.1) is 11.8 Å². The monoisotopic (exact) mass is 714 g/mol. The van der Waals surface area contributed by atoms with Gasteiger partial charge < -0.3 is 35.1 Å². The number of ether oxygens (including phenoxy) is 4. The highest BCUT2D eigenvalue weighted by Gasteiger charge is 2.38. The molecule has 0 spiro atoms. The van der Waals surface area contributed by atoms with E-state index in [4.69, 9.17) is 24.7 Å². The van der Waals surface area contributed by atoms with Crippen LogP contribution in [0.1, 0.15) is 80.1 Å². The van der Waals surface area contributed by atoms with Gasteiger partial charge in [0.05, 0.1) is 31.1 Å². The van der Waals surface area contributed by atoms with Gasteiger partial charge in [0, 0.05) is 44.4 Å². The predicted octanol–water partition coefficient (Wildman–Crippen LogP) is 4.67. The maximum atomic E-state index is 14.3. The average molecular weight is 715 g/mol. The quantitative estimate of drug-likeness (QED) is 0.111. The van der Waals surface area contributed by atoms with E-state index in [1.54, 1.807) is 39.0 Å². The molecule has 13 nitrogen and oxygen atoms in total. The summed E-state index contributed by atoms with van der Waals surface area (Å²) in [5.41, 5.74) is 6.02. The third-order valence-corrected chi connectivity index (χ3v) is 9.03. The molecule has 6 unspecified atom stereocenters. The van der Waals surface area contributed by atoms with E-state index in [1.807, 2.05) is 11.9 Å². The Morgan fingerprint density at radius 3 is 2.25 bits per heavy atom. The number of hydrazone groups is 1. The number of primary amides is 1. The van der Waals surface area contributed by atoms with Crippen molar-refractivity contribution < 1.29 is 43.2 Å². The van der Waals surface area contributed by atoms with E-state index in [1.165, 1.54) is 33.6 Å². The minimum absolute atomic E-state index is 0.0831. The lowest BCUT2D eigenvalue weighted by Crippen LogP contribution is -2.38. The fourth-order valence-corrected chi connectivity index (χ4v) is 6.04. The summed E-state index contributed by atoms with van der Waals surface area (Å²) >= 11 is 0. The molecule has 0 aromatic heterocycles. The molecule has 51 heavy (non-hydrogen) atoms. The fraction of sp³-hybridized carbons (Fsp3) is 0.605. The molecule has 0 saturated carbocycles. The van der Waals surface area contributed by atoms with Crippen molar-refractivity contribution in [2.75, 3.05) is 34.4 Å². The number of rotatable bonds is 12. The summed E-state index contributed by atoms with van der Waals surface area (Å²) < 4.78 is 22.3. The number of aliphatic hydroxyl groups excluding tert-OH is 1. The van der Waals surface area contributed by atoms with Crippen molar-refractivity contribution in [2.24, 2.45) is 22.7 Å². The van der Waals surface area contributed by atoms with Crippen LogP contribution in [0.3, 0.4) is 0 Å². The van der Waals surface area contributed by atoms with Crippen LogP contribution in [-0.4, -0.2) is 98.7 Å². The van der Waals surface area contributed by atoms with E-state index in [-0.39, 0.29) is 40.5 Å². The van der Waals surface area contributed by atoms with Crippen LogP contribution < -0.4 is 11.1 Å². The van der Waals surface area contributed by atoms with Gasteiger partial charge in [-0.3, -0.25) is 19.4 Å². The molecule has 0 aromatic rings. The van der Waals surface area contributed by atoms with E-state index in [0.717, 1.165) is 25.7 Å². The van der Waals surface area contributed by atoms with Gasteiger partial charge in [0.1, 0.15) is 11.8 Å². The lowest BCUT2D eigenvalue weighted by Gasteiger charge is -2.30. The lowest BCUT2D eigenvalue weighted by atomic mass is 9.84. The fourth-order valence-electron chi connectivity index (χ4n) is 6.04. The zero-order valence-electron chi connectivity index (χ0n) is 31.7. The number of aliphatic hydroxyl groups is 1. The van der Waals surface area contributed by atoms with Crippen LogP contribution in [-0.2, 0) is 33.3 Å². The first-order chi connectivity index (χ1) is 24.2. The first kappa shape index (κ1) is 43.1. The van der Waals surface area contributed by atoms with Crippen LogP contribution in [0.4, 0.5) is 4.79 Å². The van der Waals surface area contributed by atoms with Crippen molar-refractivity contribution in [3.05, 3.63) is 58.1 Å². The minimum atomic E-state index is -1.01. The number of nitrogens with one attached hydrogen (secondary N) is 1. The van der Waals surface area contributed by atoms with Gasteiger partial charge in [0.2, 0.25) is 11.6 Å². The van der Waals surface area contributed by atoms with Gasteiger partial charge >= 0.3 is 6.09 Å². The number of allylic oxidation sites excluding steroid dienone is 4. The maximum Gasteiger partial charge on any atom is 0.405 e. The Labute approximate surface area is 302 Å². The second-order valence-electron chi connectivity index (χ2n) is 13.2. The second-order valence-corrected chi connectivity index (χ2v) is 13.2. The molecule has 6 atom stereocenters. The molecule has 2 bridgehead atoms.